The Balaban J connectivity index is 1.66. The van der Waals surface area contributed by atoms with Gasteiger partial charge in [0.25, 0.3) is 0 Å². The Morgan fingerprint density at radius 2 is 2.23 bits per heavy atom. The summed E-state index contributed by atoms with van der Waals surface area (Å²) in [7, 11) is 1.40. The van der Waals surface area contributed by atoms with Crippen LogP contribution in [0.1, 0.15) is 17.0 Å². The molecule has 0 unspecified atom stereocenters. The maximum Gasteiger partial charge on any atom is 0.409 e. The lowest BCUT2D eigenvalue weighted by Gasteiger charge is -2.25. The largest absolute Gasteiger partial charge is 0.453 e. The first kappa shape index (κ1) is 17.5. The van der Waals surface area contributed by atoms with Gasteiger partial charge >= 0.3 is 6.09 Å². The van der Waals surface area contributed by atoms with Crippen LogP contribution in [0, 0.1) is 0 Å². The molecule has 0 radical (unpaired) electrons. The molecule has 1 fully saturated rings. The SMILES string of the molecule is COC(=O)N1CC[C@]2(C1)CN(C(=O)Cc1nccs1)c1ccc(Br)cc12. The third kappa shape index (κ3) is 2.91. The van der Waals surface area contributed by atoms with E-state index in [0.717, 1.165) is 27.2 Å². The van der Waals surface area contributed by atoms with Crippen LogP contribution in [0.3, 0.4) is 0 Å². The smallest absolute Gasteiger partial charge is 0.409 e. The quantitative estimate of drug-likeness (QED) is 0.726. The number of rotatable bonds is 2. The molecule has 8 heteroatoms. The Hall–Kier alpha value is -1.93. The molecule has 2 amide bonds. The van der Waals surface area contributed by atoms with Gasteiger partial charge in [0, 0.05) is 46.8 Å². The van der Waals surface area contributed by atoms with Crippen LogP contribution < -0.4 is 4.90 Å². The molecule has 4 rings (SSSR count). The monoisotopic (exact) mass is 435 g/mol. The molecular formula is C18H18BrN3O3S. The third-order valence-corrected chi connectivity index (χ3v) is 6.43. The number of benzene rings is 1. The first-order valence-electron chi connectivity index (χ1n) is 8.34. The molecule has 0 aliphatic carbocycles. The molecule has 1 aromatic heterocycles. The molecule has 2 aliphatic heterocycles. The lowest BCUT2D eigenvalue weighted by molar-refractivity contribution is -0.118. The van der Waals surface area contributed by atoms with Crippen molar-refractivity contribution in [2.24, 2.45) is 0 Å². The zero-order valence-electron chi connectivity index (χ0n) is 14.3. The van der Waals surface area contributed by atoms with E-state index in [1.807, 2.05) is 22.4 Å². The molecule has 2 aromatic rings. The lowest BCUT2D eigenvalue weighted by Crippen LogP contribution is -2.40. The van der Waals surface area contributed by atoms with Gasteiger partial charge in [-0.25, -0.2) is 9.78 Å². The molecule has 136 valence electrons. The number of nitrogens with zero attached hydrogens (tertiary/aromatic N) is 3. The first-order chi connectivity index (χ1) is 12.5. The summed E-state index contributed by atoms with van der Waals surface area (Å²) in [6.45, 7) is 1.77. The van der Waals surface area contributed by atoms with Gasteiger partial charge in [0.05, 0.1) is 13.5 Å². The zero-order chi connectivity index (χ0) is 18.3. The van der Waals surface area contributed by atoms with Crippen molar-refractivity contribution in [3.8, 4) is 0 Å². The van der Waals surface area contributed by atoms with Crippen LogP contribution in [0.15, 0.2) is 34.2 Å². The Bertz CT molecular complexity index is 857. The van der Waals surface area contributed by atoms with E-state index in [-0.39, 0.29) is 17.4 Å². The van der Waals surface area contributed by atoms with Crippen molar-refractivity contribution < 1.29 is 14.3 Å². The van der Waals surface area contributed by atoms with Crippen LogP contribution in [0.5, 0.6) is 0 Å². The molecule has 2 aliphatic rings. The van der Waals surface area contributed by atoms with Gasteiger partial charge in [-0.05, 0) is 30.2 Å². The zero-order valence-corrected chi connectivity index (χ0v) is 16.7. The van der Waals surface area contributed by atoms with Crippen molar-refractivity contribution in [2.45, 2.75) is 18.3 Å². The lowest BCUT2D eigenvalue weighted by atomic mass is 9.81. The molecule has 1 spiro atoms. The van der Waals surface area contributed by atoms with Gasteiger partial charge in [-0.2, -0.15) is 0 Å². The number of fused-ring (bicyclic) bond motifs is 2. The van der Waals surface area contributed by atoms with E-state index in [0.29, 0.717) is 26.1 Å². The van der Waals surface area contributed by atoms with E-state index in [9.17, 15) is 9.59 Å². The highest BCUT2D eigenvalue weighted by atomic mass is 79.9. The minimum atomic E-state index is -0.314. The molecule has 6 nitrogen and oxygen atoms in total. The van der Waals surface area contributed by atoms with Gasteiger partial charge in [0.15, 0.2) is 0 Å². The number of methoxy groups -OCH3 is 1. The Morgan fingerprint density at radius 1 is 1.38 bits per heavy atom. The summed E-state index contributed by atoms with van der Waals surface area (Å²) in [5.41, 5.74) is 1.80. The fraction of sp³-hybridized carbons (Fsp3) is 0.389. The summed E-state index contributed by atoms with van der Waals surface area (Å²) >= 11 is 5.03. The van der Waals surface area contributed by atoms with E-state index in [1.54, 1.807) is 11.1 Å². The van der Waals surface area contributed by atoms with E-state index in [4.69, 9.17) is 4.74 Å². The predicted molar refractivity (Wildman–Crippen MR) is 103 cm³/mol. The van der Waals surface area contributed by atoms with Gasteiger partial charge < -0.3 is 14.5 Å². The van der Waals surface area contributed by atoms with Crippen molar-refractivity contribution in [1.29, 1.82) is 0 Å². The predicted octanol–water partition coefficient (Wildman–Crippen LogP) is 3.20. The van der Waals surface area contributed by atoms with Crippen LogP contribution in [-0.4, -0.2) is 48.6 Å². The van der Waals surface area contributed by atoms with Crippen LogP contribution in [0.4, 0.5) is 10.5 Å². The molecule has 0 N–H and O–H groups in total. The number of carbonyl (C=O) groups excluding carboxylic acids is 2. The molecule has 26 heavy (non-hydrogen) atoms. The standard InChI is InChI=1S/C18H18BrN3O3S/c1-25-17(24)21-6-4-18(10-21)11-22(14-3-2-12(19)8-13(14)18)16(23)9-15-20-5-7-26-15/h2-3,5,7-8H,4,6,9-11H2,1H3/t18-/m0/s1. The fourth-order valence-electron chi connectivity index (χ4n) is 3.94. The summed E-state index contributed by atoms with van der Waals surface area (Å²) in [5.74, 6) is 0.0388. The minimum absolute atomic E-state index is 0.0388. The number of anilines is 1. The Kier molecular flexibility index (Phi) is 4.48. The number of carbonyl (C=O) groups is 2. The minimum Gasteiger partial charge on any atom is -0.453 e. The van der Waals surface area contributed by atoms with Gasteiger partial charge in [-0.15, -0.1) is 11.3 Å². The number of amides is 2. The highest BCUT2D eigenvalue weighted by Gasteiger charge is 2.50. The van der Waals surface area contributed by atoms with Crippen molar-refractivity contribution in [3.05, 3.63) is 44.8 Å². The van der Waals surface area contributed by atoms with Crippen LogP contribution >= 0.6 is 27.3 Å². The molecular weight excluding hydrogens is 418 g/mol. The molecule has 3 heterocycles. The van der Waals surface area contributed by atoms with Gasteiger partial charge in [-0.3, -0.25) is 4.79 Å². The normalized spacial score (nSPS) is 21.3. The molecule has 1 aromatic carbocycles. The summed E-state index contributed by atoms with van der Waals surface area (Å²) in [6.07, 6.45) is 2.51. The average molecular weight is 436 g/mol. The average Bonchev–Trinajstić information content (AvgIpc) is 3.35. The van der Waals surface area contributed by atoms with Crippen molar-refractivity contribution in [2.75, 3.05) is 31.6 Å². The number of hydrogen-bond acceptors (Lipinski definition) is 5. The number of likely N-dealkylation sites (tertiary alicyclic amines) is 1. The maximum absolute atomic E-state index is 12.9. The highest BCUT2D eigenvalue weighted by molar-refractivity contribution is 9.10. The third-order valence-electron chi connectivity index (χ3n) is 5.16. The van der Waals surface area contributed by atoms with Crippen molar-refractivity contribution >= 4 is 45.0 Å². The van der Waals surface area contributed by atoms with Crippen LogP contribution in [-0.2, 0) is 21.4 Å². The molecule has 1 atom stereocenters. The molecule has 0 bridgehead atoms. The van der Waals surface area contributed by atoms with Gasteiger partial charge in [0.2, 0.25) is 5.91 Å². The van der Waals surface area contributed by atoms with Crippen LogP contribution in [0.25, 0.3) is 0 Å². The summed E-state index contributed by atoms with van der Waals surface area (Å²) in [4.78, 5) is 32.7. The van der Waals surface area contributed by atoms with E-state index in [2.05, 4.69) is 27.0 Å². The Labute approximate surface area is 163 Å². The van der Waals surface area contributed by atoms with E-state index < -0.39 is 0 Å². The molecule has 1 saturated heterocycles. The summed E-state index contributed by atoms with van der Waals surface area (Å²) in [6, 6.07) is 6.01. The van der Waals surface area contributed by atoms with E-state index in [1.165, 1.54) is 18.4 Å². The number of halogens is 1. The number of hydrogen-bond donors (Lipinski definition) is 0. The van der Waals surface area contributed by atoms with Gasteiger partial charge in [0.1, 0.15) is 5.01 Å². The second kappa shape index (κ2) is 6.66. The second-order valence-corrected chi connectivity index (χ2v) is 8.56. The number of ether oxygens (including phenoxy) is 1. The van der Waals surface area contributed by atoms with Crippen molar-refractivity contribution in [1.82, 2.24) is 9.88 Å². The van der Waals surface area contributed by atoms with Gasteiger partial charge in [-0.1, -0.05) is 15.9 Å². The highest BCUT2D eigenvalue weighted by Crippen LogP contribution is 2.47. The maximum atomic E-state index is 12.9. The molecule has 0 saturated carbocycles. The van der Waals surface area contributed by atoms with Crippen LogP contribution in [0.2, 0.25) is 0 Å². The topological polar surface area (TPSA) is 62.7 Å². The summed E-state index contributed by atoms with van der Waals surface area (Å²) < 4.78 is 5.86. The second-order valence-electron chi connectivity index (χ2n) is 6.67. The summed E-state index contributed by atoms with van der Waals surface area (Å²) in [5, 5.41) is 2.70. The van der Waals surface area contributed by atoms with Crippen molar-refractivity contribution in [3.63, 3.8) is 0 Å². The van der Waals surface area contributed by atoms with E-state index >= 15 is 0 Å². The fourth-order valence-corrected chi connectivity index (χ4v) is 4.90. The number of thiazole rings is 1. The first-order valence-corrected chi connectivity index (χ1v) is 10.0. The Morgan fingerprint density at radius 3 is 2.96 bits per heavy atom. The number of aromatic nitrogens is 1.